The summed E-state index contributed by atoms with van der Waals surface area (Å²) in [6, 6.07) is 4.78. The van der Waals surface area contributed by atoms with Crippen LogP contribution in [0.2, 0.25) is 0 Å². The van der Waals surface area contributed by atoms with E-state index in [9.17, 15) is 8.42 Å². The van der Waals surface area contributed by atoms with E-state index in [2.05, 4.69) is 19.4 Å². The molecule has 0 unspecified atom stereocenters. The van der Waals surface area contributed by atoms with Crippen LogP contribution in [0.4, 0.5) is 0 Å². The number of sulfonamides is 1. The van der Waals surface area contributed by atoms with Gasteiger partial charge in [0.05, 0.1) is 32.1 Å². The molecule has 0 radical (unpaired) electrons. The van der Waals surface area contributed by atoms with Crippen molar-refractivity contribution in [1.82, 2.24) is 14.5 Å². The third kappa shape index (κ3) is 4.81. The first kappa shape index (κ1) is 20.1. The van der Waals surface area contributed by atoms with Gasteiger partial charge < -0.3 is 24.6 Å². The van der Waals surface area contributed by atoms with E-state index in [-0.39, 0.29) is 4.90 Å². The van der Waals surface area contributed by atoms with Gasteiger partial charge in [0.2, 0.25) is 10.0 Å². The van der Waals surface area contributed by atoms with Crippen LogP contribution in [-0.4, -0.2) is 89.3 Å². The maximum absolute atomic E-state index is 13.0. The summed E-state index contributed by atoms with van der Waals surface area (Å²) in [6.45, 7) is 4.62. The van der Waals surface area contributed by atoms with Crippen LogP contribution >= 0.6 is 12.2 Å². The molecule has 1 saturated heterocycles. The Morgan fingerprint density at radius 3 is 2.48 bits per heavy atom. The summed E-state index contributed by atoms with van der Waals surface area (Å²) in [6.07, 6.45) is 0. The second-order valence-electron chi connectivity index (χ2n) is 6.89. The van der Waals surface area contributed by atoms with Gasteiger partial charge >= 0.3 is 0 Å². The van der Waals surface area contributed by atoms with E-state index in [0.717, 1.165) is 13.1 Å². The summed E-state index contributed by atoms with van der Waals surface area (Å²) >= 11 is 5.43. The molecule has 0 aliphatic carbocycles. The molecule has 150 valence electrons. The molecule has 27 heavy (non-hydrogen) atoms. The first-order chi connectivity index (χ1) is 12.9. The molecule has 0 spiro atoms. The van der Waals surface area contributed by atoms with E-state index in [4.69, 9.17) is 21.7 Å². The standard InChI is InChI=1S/C17H26N4O4S2/c1-19(2)6-5-18-17(26)20-7-9-21(10-8-20)27(22,23)14-3-4-15-16(13-14)25-12-11-24-15/h3-4,13H,5-12H2,1-2H3,(H,18,26)/p+1. The summed E-state index contributed by atoms with van der Waals surface area (Å²) in [5.41, 5.74) is 0. The SMILES string of the molecule is C[NH+](C)CCNC(=S)N1CCN(S(=O)(=O)c2ccc3c(c2)OCCO3)CC1. The molecule has 2 heterocycles. The Kier molecular flexibility index (Phi) is 6.40. The molecule has 0 amide bonds. The van der Waals surface area contributed by atoms with Gasteiger partial charge in [0.1, 0.15) is 13.2 Å². The number of quaternary nitrogens is 1. The monoisotopic (exact) mass is 415 g/mol. The zero-order chi connectivity index (χ0) is 19.4. The Bertz CT molecular complexity index is 777. The fraction of sp³-hybridized carbons (Fsp3) is 0.588. The molecular weight excluding hydrogens is 388 g/mol. The lowest BCUT2D eigenvalue weighted by Gasteiger charge is -2.35. The number of hydrogen-bond acceptors (Lipinski definition) is 5. The Morgan fingerprint density at radius 2 is 1.81 bits per heavy atom. The summed E-state index contributed by atoms with van der Waals surface area (Å²) < 4.78 is 38.4. The van der Waals surface area contributed by atoms with Crippen LogP contribution in [0.5, 0.6) is 11.5 Å². The predicted molar refractivity (Wildman–Crippen MR) is 106 cm³/mol. The minimum Gasteiger partial charge on any atom is -0.486 e. The lowest BCUT2D eigenvalue weighted by atomic mass is 10.3. The second-order valence-corrected chi connectivity index (χ2v) is 9.21. The fourth-order valence-corrected chi connectivity index (χ4v) is 4.72. The van der Waals surface area contributed by atoms with E-state index in [1.807, 2.05) is 4.90 Å². The van der Waals surface area contributed by atoms with Gasteiger partial charge in [-0.05, 0) is 24.4 Å². The third-order valence-corrected chi connectivity index (χ3v) is 6.88. The van der Waals surface area contributed by atoms with Crippen LogP contribution in [0.3, 0.4) is 0 Å². The van der Waals surface area contributed by atoms with E-state index in [0.29, 0.717) is 56.0 Å². The van der Waals surface area contributed by atoms with Crippen molar-refractivity contribution in [3.8, 4) is 11.5 Å². The first-order valence-electron chi connectivity index (χ1n) is 9.09. The number of hydrogen-bond donors (Lipinski definition) is 2. The topological polar surface area (TPSA) is 75.6 Å². The van der Waals surface area contributed by atoms with Crippen molar-refractivity contribution < 1.29 is 22.8 Å². The molecule has 0 saturated carbocycles. The Balaban J connectivity index is 1.59. The van der Waals surface area contributed by atoms with Crippen LogP contribution in [0.1, 0.15) is 0 Å². The van der Waals surface area contributed by atoms with Crippen molar-refractivity contribution in [1.29, 1.82) is 0 Å². The van der Waals surface area contributed by atoms with Crippen LogP contribution < -0.4 is 19.7 Å². The van der Waals surface area contributed by atoms with Crippen molar-refractivity contribution in [3.05, 3.63) is 18.2 Å². The van der Waals surface area contributed by atoms with Crippen molar-refractivity contribution in [2.75, 3.05) is 66.6 Å². The van der Waals surface area contributed by atoms with Crippen molar-refractivity contribution in [3.63, 3.8) is 0 Å². The van der Waals surface area contributed by atoms with E-state index in [1.54, 1.807) is 18.2 Å². The fourth-order valence-electron chi connectivity index (χ4n) is 3.00. The molecule has 10 heteroatoms. The molecule has 3 rings (SSSR count). The number of ether oxygens (including phenoxy) is 2. The lowest BCUT2D eigenvalue weighted by Crippen LogP contribution is -3.06. The molecule has 8 nitrogen and oxygen atoms in total. The number of rotatable bonds is 5. The number of nitrogens with one attached hydrogen (secondary N) is 2. The minimum absolute atomic E-state index is 0.231. The third-order valence-electron chi connectivity index (χ3n) is 4.58. The largest absolute Gasteiger partial charge is 0.486 e. The second kappa shape index (κ2) is 8.59. The van der Waals surface area contributed by atoms with Gasteiger partial charge in [0.25, 0.3) is 0 Å². The predicted octanol–water partition coefficient (Wildman–Crippen LogP) is -1.22. The van der Waals surface area contributed by atoms with Crippen LogP contribution in [-0.2, 0) is 10.0 Å². The van der Waals surface area contributed by atoms with Crippen LogP contribution in [0.25, 0.3) is 0 Å². The number of piperazine rings is 1. The van der Waals surface area contributed by atoms with Gasteiger partial charge in [-0.1, -0.05) is 0 Å². The summed E-state index contributed by atoms with van der Waals surface area (Å²) in [5.74, 6) is 1.07. The zero-order valence-corrected chi connectivity index (χ0v) is 17.4. The zero-order valence-electron chi connectivity index (χ0n) is 15.7. The maximum atomic E-state index is 13.0. The smallest absolute Gasteiger partial charge is 0.243 e. The van der Waals surface area contributed by atoms with Crippen molar-refractivity contribution in [2.24, 2.45) is 0 Å². The Hall–Kier alpha value is -1.62. The normalized spacial score (nSPS) is 17.8. The van der Waals surface area contributed by atoms with E-state index >= 15 is 0 Å². The molecule has 1 fully saturated rings. The van der Waals surface area contributed by atoms with Gasteiger partial charge in [-0.3, -0.25) is 0 Å². The quantitative estimate of drug-likeness (QED) is 0.584. The van der Waals surface area contributed by atoms with Gasteiger partial charge in [-0.2, -0.15) is 4.31 Å². The highest BCUT2D eigenvalue weighted by Gasteiger charge is 2.30. The molecule has 2 aliphatic rings. The Morgan fingerprint density at radius 1 is 1.15 bits per heavy atom. The summed E-state index contributed by atoms with van der Waals surface area (Å²) in [7, 11) is 0.610. The Labute approximate surface area is 166 Å². The van der Waals surface area contributed by atoms with Crippen LogP contribution in [0.15, 0.2) is 23.1 Å². The summed E-state index contributed by atoms with van der Waals surface area (Å²) in [4.78, 5) is 3.60. The highest BCUT2D eigenvalue weighted by atomic mass is 32.2. The molecule has 0 aromatic heterocycles. The highest BCUT2D eigenvalue weighted by Crippen LogP contribution is 2.33. The van der Waals surface area contributed by atoms with Crippen molar-refractivity contribution in [2.45, 2.75) is 4.90 Å². The molecule has 1 aromatic rings. The van der Waals surface area contributed by atoms with Crippen molar-refractivity contribution >= 4 is 27.4 Å². The molecule has 0 bridgehead atoms. The number of benzene rings is 1. The lowest BCUT2D eigenvalue weighted by molar-refractivity contribution is -0.856. The average Bonchev–Trinajstić information content (AvgIpc) is 2.67. The molecule has 1 aromatic carbocycles. The average molecular weight is 416 g/mol. The molecule has 2 aliphatic heterocycles. The minimum atomic E-state index is -3.57. The van der Waals surface area contributed by atoms with E-state index < -0.39 is 10.0 Å². The van der Waals surface area contributed by atoms with E-state index in [1.165, 1.54) is 9.21 Å². The number of nitrogens with zero attached hydrogens (tertiary/aromatic N) is 2. The number of thiocarbonyl (C=S) groups is 1. The summed E-state index contributed by atoms with van der Waals surface area (Å²) in [5, 5.41) is 3.93. The number of likely N-dealkylation sites (N-methyl/N-ethyl adjacent to an activating group) is 1. The van der Waals surface area contributed by atoms with Gasteiger partial charge in [0, 0.05) is 32.2 Å². The van der Waals surface area contributed by atoms with Crippen LogP contribution in [0, 0.1) is 0 Å². The van der Waals surface area contributed by atoms with Gasteiger partial charge in [-0.25, -0.2) is 8.42 Å². The molecule has 0 atom stereocenters. The highest BCUT2D eigenvalue weighted by molar-refractivity contribution is 7.89. The van der Waals surface area contributed by atoms with Gasteiger partial charge in [0.15, 0.2) is 16.6 Å². The van der Waals surface area contributed by atoms with Gasteiger partial charge in [-0.15, -0.1) is 0 Å². The first-order valence-corrected chi connectivity index (χ1v) is 10.9. The molecular formula is C17H27N4O4S2+. The molecule has 2 N–H and O–H groups in total. The maximum Gasteiger partial charge on any atom is 0.243 e. The number of fused-ring (bicyclic) bond motifs is 1.